The summed E-state index contributed by atoms with van der Waals surface area (Å²) in [6.07, 6.45) is 5.59. The Morgan fingerprint density at radius 1 is 1.14 bits per heavy atom. The lowest BCUT2D eigenvalue weighted by molar-refractivity contribution is -0.138. The number of rotatable bonds is 10. The van der Waals surface area contributed by atoms with E-state index < -0.39 is 15.8 Å². The minimum atomic E-state index is -3.77. The van der Waals surface area contributed by atoms with Gasteiger partial charge in [-0.15, -0.1) is 11.3 Å². The van der Waals surface area contributed by atoms with Gasteiger partial charge in [-0.2, -0.15) is 0 Å². The normalized spacial score (nSPS) is 15.9. The van der Waals surface area contributed by atoms with Crippen LogP contribution in [0.2, 0.25) is 0 Å². The fourth-order valence-electron chi connectivity index (χ4n) is 4.64. The summed E-state index contributed by atoms with van der Waals surface area (Å²) in [6.45, 7) is 3.78. The van der Waals surface area contributed by atoms with Crippen LogP contribution in [-0.2, 0) is 42.8 Å². The molecule has 1 fully saturated rings. The smallest absolute Gasteiger partial charge is 0.356 e. The van der Waals surface area contributed by atoms with Gasteiger partial charge in [0.2, 0.25) is 0 Å². The van der Waals surface area contributed by atoms with Crippen molar-refractivity contribution in [3.8, 4) is 0 Å². The molecule has 37 heavy (non-hydrogen) atoms. The molecule has 0 spiro atoms. The Morgan fingerprint density at radius 3 is 2.62 bits per heavy atom. The predicted molar refractivity (Wildman–Crippen MR) is 141 cm³/mol. The maximum absolute atomic E-state index is 13.1. The standard InChI is InChI=1S/C27H30N2O6S2/c1-3-35-27(32)23-10-11-25(29-23)37(33,34)16-20-15-36-24(28-20)14-21(30)13-19-9-8-17(2)12-22(19)26(31)18-6-4-5-7-18/h8-10,12,15,18H,3-7,11,13-14,16H2,1-2H3. The number of sulfone groups is 1. The summed E-state index contributed by atoms with van der Waals surface area (Å²) < 4.78 is 30.4. The van der Waals surface area contributed by atoms with Gasteiger partial charge >= 0.3 is 5.97 Å². The van der Waals surface area contributed by atoms with Gasteiger partial charge in [-0.3, -0.25) is 9.59 Å². The maximum atomic E-state index is 13.1. The van der Waals surface area contributed by atoms with Crippen LogP contribution in [0.4, 0.5) is 0 Å². The van der Waals surface area contributed by atoms with Gasteiger partial charge in [0, 0.05) is 29.7 Å². The monoisotopic (exact) mass is 542 g/mol. The van der Waals surface area contributed by atoms with Crippen LogP contribution in [0.15, 0.2) is 40.3 Å². The molecule has 4 rings (SSSR count). The Morgan fingerprint density at radius 2 is 1.89 bits per heavy atom. The minimum Gasteiger partial charge on any atom is -0.461 e. The number of carbonyl (C=O) groups excluding carboxylic acids is 3. The van der Waals surface area contributed by atoms with E-state index in [-0.39, 0.29) is 59.8 Å². The van der Waals surface area contributed by atoms with E-state index in [1.54, 1.807) is 12.3 Å². The molecule has 8 nitrogen and oxygen atoms in total. The fraction of sp³-hybridized carbons (Fsp3) is 0.444. The van der Waals surface area contributed by atoms with E-state index in [2.05, 4.69) is 9.98 Å². The van der Waals surface area contributed by atoms with Crippen LogP contribution in [0.1, 0.15) is 71.2 Å². The molecule has 10 heteroatoms. The van der Waals surface area contributed by atoms with Gasteiger partial charge in [-0.25, -0.2) is 23.2 Å². The highest BCUT2D eigenvalue weighted by Gasteiger charge is 2.28. The molecule has 2 heterocycles. The number of thiazole rings is 1. The average molecular weight is 543 g/mol. The van der Waals surface area contributed by atoms with Crippen molar-refractivity contribution in [1.29, 1.82) is 0 Å². The van der Waals surface area contributed by atoms with Crippen molar-refractivity contribution in [2.45, 2.75) is 64.5 Å². The van der Waals surface area contributed by atoms with Crippen molar-refractivity contribution in [3.05, 3.63) is 62.7 Å². The van der Waals surface area contributed by atoms with Gasteiger partial charge < -0.3 is 4.74 Å². The molecule has 2 aromatic rings. The van der Waals surface area contributed by atoms with Gasteiger partial charge in [-0.05, 0) is 44.4 Å². The zero-order chi connectivity index (χ0) is 26.6. The number of carbonyl (C=O) groups is 3. The van der Waals surface area contributed by atoms with Crippen molar-refractivity contribution in [3.63, 3.8) is 0 Å². The van der Waals surface area contributed by atoms with Gasteiger partial charge in [0.05, 0.1) is 24.5 Å². The maximum Gasteiger partial charge on any atom is 0.356 e. The lowest BCUT2D eigenvalue weighted by Gasteiger charge is -2.13. The first-order valence-corrected chi connectivity index (χ1v) is 15.0. The van der Waals surface area contributed by atoms with Crippen LogP contribution < -0.4 is 0 Å². The van der Waals surface area contributed by atoms with E-state index in [4.69, 9.17) is 4.74 Å². The van der Waals surface area contributed by atoms with Gasteiger partial charge in [0.1, 0.15) is 21.5 Å². The van der Waals surface area contributed by atoms with E-state index in [0.717, 1.165) is 36.8 Å². The van der Waals surface area contributed by atoms with Crippen molar-refractivity contribution in [2.24, 2.45) is 10.9 Å². The van der Waals surface area contributed by atoms with Crippen molar-refractivity contribution < 1.29 is 27.5 Å². The Kier molecular flexibility index (Phi) is 8.49. The molecule has 0 unspecified atom stereocenters. The van der Waals surface area contributed by atoms with E-state index in [1.807, 2.05) is 25.1 Å². The first-order chi connectivity index (χ1) is 17.7. The molecule has 1 saturated carbocycles. The molecule has 0 amide bonds. The largest absolute Gasteiger partial charge is 0.461 e. The number of Topliss-reactive ketones (excluding diaryl/α,β-unsaturated/α-hetero) is 2. The summed E-state index contributed by atoms with van der Waals surface area (Å²) in [6, 6.07) is 5.65. The number of benzene rings is 1. The molecule has 0 bridgehead atoms. The topological polar surface area (TPSA) is 120 Å². The number of ether oxygens (including phenoxy) is 1. The Bertz CT molecular complexity index is 1380. The third-order valence-corrected chi connectivity index (χ3v) is 9.04. The third-order valence-electron chi connectivity index (χ3n) is 6.49. The van der Waals surface area contributed by atoms with Crippen LogP contribution in [-0.4, -0.2) is 42.6 Å². The van der Waals surface area contributed by atoms with Crippen molar-refractivity contribution in [1.82, 2.24) is 4.98 Å². The molecule has 1 aromatic heterocycles. The SMILES string of the molecule is CCOC(=O)C1=CCC(S(=O)(=O)Cc2csc(CC(=O)Cc3ccc(C)cc3C(=O)C3CCCC3)n2)=N1. The van der Waals surface area contributed by atoms with Crippen LogP contribution in [0, 0.1) is 12.8 Å². The van der Waals surface area contributed by atoms with Gasteiger partial charge in [0.15, 0.2) is 15.6 Å². The van der Waals surface area contributed by atoms with Crippen molar-refractivity contribution in [2.75, 3.05) is 6.61 Å². The second-order valence-corrected chi connectivity index (χ2v) is 12.3. The molecule has 2 aliphatic rings. The molecule has 0 radical (unpaired) electrons. The quantitative estimate of drug-likeness (QED) is 0.323. The molecule has 1 aromatic carbocycles. The molecule has 0 saturated heterocycles. The van der Waals surface area contributed by atoms with Crippen LogP contribution >= 0.6 is 11.3 Å². The number of esters is 1. The molecule has 0 N–H and O–H groups in total. The van der Waals surface area contributed by atoms with Gasteiger partial charge in [0.25, 0.3) is 0 Å². The summed E-state index contributed by atoms with van der Waals surface area (Å²) in [4.78, 5) is 46.1. The molecule has 1 aliphatic carbocycles. The summed E-state index contributed by atoms with van der Waals surface area (Å²) in [7, 11) is -3.77. The number of allylic oxidation sites excluding steroid dienone is 1. The lowest BCUT2D eigenvalue weighted by atomic mass is 9.90. The first kappa shape index (κ1) is 27.1. The number of aliphatic imine (C=N–C) groups is 1. The van der Waals surface area contributed by atoms with E-state index >= 15 is 0 Å². The predicted octanol–water partition coefficient (Wildman–Crippen LogP) is 4.34. The lowest BCUT2D eigenvalue weighted by Crippen LogP contribution is -2.16. The molecule has 0 atom stereocenters. The first-order valence-electron chi connectivity index (χ1n) is 12.4. The molecular formula is C27H30N2O6S2. The number of hydrogen-bond donors (Lipinski definition) is 0. The number of aryl methyl sites for hydroxylation is 1. The average Bonchev–Trinajstić information content (AvgIpc) is 3.62. The number of aromatic nitrogens is 1. The van der Waals surface area contributed by atoms with Crippen LogP contribution in [0.3, 0.4) is 0 Å². The zero-order valence-electron chi connectivity index (χ0n) is 21.0. The Hall–Kier alpha value is -2.98. The van der Waals surface area contributed by atoms with Crippen LogP contribution in [0.5, 0.6) is 0 Å². The molecular weight excluding hydrogens is 512 g/mol. The summed E-state index contributed by atoms with van der Waals surface area (Å²) in [5.41, 5.74) is 2.68. The second kappa shape index (κ2) is 11.6. The number of ketones is 2. The molecule has 1 aliphatic heterocycles. The zero-order valence-corrected chi connectivity index (χ0v) is 22.6. The Labute approximate surface area is 220 Å². The summed E-state index contributed by atoms with van der Waals surface area (Å²) >= 11 is 1.23. The number of nitrogens with zero attached hydrogens (tertiary/aromatic N) is 2. The highest BCUT2D eigenvalue weighted by molar-refractivity contribution is 8.05. The Balaban J connectivity index is 1.39. The summed E-state index contributed by atoms with van der Waals surface area (Å²) in [5.74, 6) is -0.938. The van der Waals surface area contributed by atoms with E-state index in [0.29, 0.717) is 16.3 Å². The highest BCUT2D eigenvalue weighted by Crippen LogP contribution is 2.30. The van der Waals surface area contributed by atoms with Crippen molar-refractivity contribution >= 4 is 43.8 Å². The van der Waals surface area contributed by atoms with Gasteiger partial charge in [-0.1, -0.05) is 30.5 Å². The van der Waals surface area contributed by atoms with Crippen LogP contribution in [0.25, 0.3) is 0 Å². The minimum absolute atomic E-state index is 0.00752. The summed E-state index contributed by atoms with van der Waals surface area (Å²) in [5, 5.41) is 2.04. The highest BCUT2D eigenvalue weighted by atomic mass is 32.2. The second-order valence-electron chi connectivity index (χ2n) is 9.41. The van der Waals surface area contributed by atoms with E-state index in [9.17, 15) is 22.8 Å². The third kappa shape index (κ3) is 6.67. The molecule has 196 valence electrons. The van der Waals surface area contributed by atoms with E-state index in [1.165, 1.54) is 17.4 Å². The number of hydrogen-bond acceptors (Lipinski definition) is 9. The fourth-order valence-corrected chi connectivity index (χ4v) is 6.85.